The highest BCUT2D eigenvalue weighted by atomic mass is 17.2. The fraction of sp³-hybridized carbons (Fsp3) is 0.400. The molecule has 0 spiro atoms. The number of carbonyl (C=O) groups is 1. The molecule has 0 aliphatic carbocycles. The average Bonchev–Trinajstić information content (AvgIpc) is 2.42. The van der Waals surface area contributed by atoms with Crippen molar-refractivity contribution in [2.75, 3.05) is 0 Å². The summed E-state index contributed by atoms with van der Waals surface area (Å²) in [5, 5.41) is 0. The number of benzene rings is 1. The number of unbranched alkanes of at least 4 members (excludes halogenated alkanes) is 3. The van der Waals surface area contributed by atoms with E-state index in [0.29, 0.717) is 5.75 Å². The number of hydrogen-bond donors (Lipinski definition) is 0. The largest absolute Gasteiger partial charge is 0.378 e. The van der Waals surface area contributed by atoms with E-state index < -0.39 is 5.97 Å². The molecule has 0 heterocycles. The van der Waals surface area contributed by atoms with Crippen LogP contribution in [0.25, 0.3) is 0 Å². The van der Waals surface area contributed by atoms with Crippen LogP contribution >= 0.6 is 0 Å². The fourth-order valence-corrected chi connectivity index (χ4v) is 1.65. The lowest BCUT2D eigenvalue weighted by Gasteiger charge is -2.08. The summed E-state index contributed by atoms with van der Waals surface area (Å²) in [4.78, 5) is 20.5. The average molecular weight is 248 g/mol. The highest BCUT2D eigenvalue weighted by Crippen LogP contribution is 2.20. The molecule has 1 aromatic rings. The minimum atomic E-state index is -0.587. The van der Waals surface area contributed by atoms with Gasteiger partial charge >= 0.3 is 5.97 Å². The number of carbonyl (C=O) groups excluding carboxylic acids is 1. The third-order valence-electron chi connectivity index (χ3n) is 2.65. The number of para-hydroxylation sites is 1. The second kappa shape index (κ2) is 8.34. The predicted octanol–water partition coefficient (Wildman–Crippen LogP) is 3.83. The Balaban J connectivity index is 2.50. The summed E-state index contributed by atoms with van der Waals surface area (Å²) in [5.41, 5.74) is 1.06. The monoisotopic (exact) mass is 248 g/mol. The lowest BCUT2D eigenvalue weighted by Crippen LogP contribution is -2.05. The molecule has 0 atom stereocenters. The first-order valence-electron chi connectivity index (χ1n) is 6.36. The van der Waals surface area contributed by atoms with Gasteiger partial charge in [-0.2, -0.15) is 0 Å². The van der Waals surface area contributed by atoms with Crippen LogP contribution in [-0.4, -0.2) is 5.97 Å². The van der Waals surface area contributed by atoms with Crippen molar-refractivity contribution in [2.24, 2.45) is 0 Å². The summed E-state index contributed by atoms with van der Waals surface area (Å²) >= 11 is 0. The molecule has 3 heteroatoms. The minimum Gasteiger partial charge on any atom is -0.286 e. The summed E-state index contributed by atoms with van der Waals surface area (Å²) < 4.78 is 0. The van der Waals surface area contributed by atoms with Crippen LogP contribution in [-0.2, 0) is 16.1 Å². The molecular weight excluding hydrogens is 228 g/mol. The first-order chi connectivity index (χ1) is 8.77. The van der Waals surface area contributed by atoms with Gasteiger partial charge in [0.25, 0.3) is 0 Å². The van der Waals surface area contributed by atoms with Gasteiger partial charge in [0.2, 0.25) is 0 Å². The molecule has 0 N–H and O–H groups in total. The molecule has 0 amide bonds. The zero-order valence-electron chi connectivity index (χ0n) is 10.9. The minimum absolute atomic E-state index is 0.587. The molecule has 98 valence electrons. The van der Waals surface area contributed by atoms with Crippen LogP contribution < -0.4 is 4.89 Å². The molecule has 0 fully saturated rings. The van der Waals surface area contributed by atoms with E-state index in [-0.39, 0.29) is 0 Å². The Morgan fingerprint density at radius 3 is 2.78 bits per heavy atom. The van der Waals surface area contributed by atoms with E-state index in [4.69, 9.17) is 4.89 Å². The maximum absolute atomic E-state index is 10.9. The Labute approximate surface area is 108 Å². The van der Waals surface area contributed by atoms with Gasteiger partial charge in [-0.3, -0.25) is 4.89 Å². The quantitative estimate of drug-likeness (QED) is 0.303. The van der Waals surface area contributed by atoms with Crippen molar-refractivity contribution in [3.8, 4) is 5.75 Å². The smallest absolute Gasteiger partial charge is 0.286 e. The van der Waals surface area contributed by atoms with Crippen LogP contribution in [0.5, 0.6) is 5.75 Å². The summed E-state index contributed by atoms with van der Waals surface area (Å²) in [7, 11) is 0. The van der Waals surface area contributed by atoms with E-state index >= 15 is 0 Å². The van der Waals surface area contributed by atoms with Gasteiger partial charge in [-0.1, -0.05) is 51.0 Å². The summed E-state index contributed by atoms with van der Waals surface area (Å²) in [6.07, 6.45) is 6.79. The highest BCUT2D eigenvalue weighted by molar-refractivity contribution is 5.80. The molecule has 0 aliphatic heterocycles. The molecule has 0 aromatic heterocycles. The van der Waals surface area contributed by atoms with Crippen LogP contribution in [0.3, 0.4) is 0 Å². The Morgan fingerprint density at radius 2 is 2.06 bits per heavy atom. The van der Waals surface area contributed by atoms with Gasteiger partial charge in [-0.25, -0.2) is 9.68 Å². The van der Waals surface area contributed by atoms with Crippen molar-refractivity contribution in [2.45, 2.75) is 39.0 Å². The van der Waals surface area contributed by atoms with Gasteiger partial charge in [-0.05, 0) is 24.5 Å². The molecule has 0 aliphatic rings. The second-order valence-electron chi connectivity index (χ2n) is 4.11. The van der Waals surface area contributed by atoms with Gasteiger partial charge in [0.1, 0.15) is 0 Å². The number of aryl methyl sites for hydroxylation is 1. The second-order valence-corrected chi connectivity index (χ2v) is 4.11. The highest BCUT2D eigenvalue weighted by Gasteiger charge is 2.06. The fourth-order valence-electron chi connectivity index (χ4n) is 1.65. The van der Waals surface area contributed by atoms with E-state index in [9.17, 15) is 4.79 Å². The SMILES string of the molecule is C=CC(=O)OOc1ccccc1CCCCCC. The van der Waals surface area contributed by atoms with Gasteiger partial charge in [-0.15, -0.1) is 0 Å². The van der Waals surface area contributed by atoms with Crippen molar-refractivity contribution in [3.63, 3.8) is 0 Å². The van der Waals surface area contributed by atoms with E-state index in [1.807, 2.05) is 18.2 Å². The molecular formula is C15H20O3. The molecule has 1 aromatic carbocycles. The van der Waals surface area contributed by atoms with Crippen molar-refractivity contribution >= 4 is 5.97 Å². The molecule has 1 rings (SSSR count). The lowest BCUT2D eigenvalue weighted by atomic mass is 10.1. The summed E-state index contributed by atoms with van der Waals surface area (Å²) in [6, 6.07) is 7.60. The van der Waals surface area contributed by atoms with Crippen molar-refractivity contribution < 1.29 is 14.6 Å². The maximum atomic E-state index is 10.9. The van der Waals surface area contributed by atoms with Gasteiger partial charge in [0.05, 0.1) is 0 Å². The zero-order valence-corrected chi connectivity index (χ0v) is 10.9. The summed E-state index contributed by atoms with van der Waals surface area (Å²) in [6.45, 7) is 5.50. The van der Waals surface area contributed by atoms with Gasteiger partial charge in [0.15, 0.2) is 5.75 Å². The van der Waals surface area contributed by atoms with Crippen molar-refractivity contribution in [1.82, 2.24) is 0 Å². The molecule has 3 nitrogen and oxygen atoms in total. The zero-order chi connectivity index (χ0) is 13.2. The Kier molecular flexibility index (Phi) is 6.62. The molecule has 0 unspecified atom stereocenters. The number of hydrogen-bond acceptors (Lipinski definition) is 3. The predicted molar refractivity (Wildman–Crippen MR) is 71.2 cm³/mol. The van der Waals surface area contributed by atoms with E-state index in [1.165, 1.54) is 19.3 Å². The topological polar surface area (TPSA) is 35.5 Å². The Bertz CT molecular complexity index is 385. The normalized spacial score (nSPS) is 9.83. The van der Waals surface area contributed by atoms with E-state index in [1.54, 1.807) is 6.07 Å². The molecule has 18 heavy (non-hydrogen) atoms. The third kappa shape index (κ3) is 5.04. The van der Waals surface area contributed by atoms with Crippen LogP contribution in [0, 0.1) is 0 Å². The molecule has 0 saturated carbocycles. The Morgan fingerprint density at radius 1 is 1.28 bits per heavy atom. The van der Waals surface area contributed by atoms with E-state index in [0.717, 1.165) is 24.5 Å². The van der Waals surface area contributed by atoms with Crippen LogP contribution in [0.2, 0.25) is 0 Å². The molecule has 0 saturated heterocycles. The van der Waals surface area contributed by atoms with Crippen molar-refractivity contribution in [3.05, 3.63) is 42.5 Å². The van der Waals surface area contributed by atoms with Crippen LogP contribution in [0.15, 0.2) is 36.9 Å². The van der Waals surface area contributed by atoms with E-state index in [2.05, 4.69) is 18.4 Å². The molecule has 0 radical (unpaired) electrons. The third-order valence-corrected chi connectivity index (χ3v) is 2.65. The standard InChI is InChI=1S/C15H20O3/c1-3-5-6-7-10-13-11-8-9-12-14(13)17-18-15(16)4-2/h4,8-9,11-12H,2-3,5-7,10H2,1H3. The molecule has 0 bridgehead atoms. The summed E-state index contributed by atoms with van der Waals surface area (Å²) in [5.74, 6) is 0.0139. The van der Waals surface area contributed by atoms with Crippen molar-refractivity contribution in [1.29, 1.82) is 0 Å². The van der Waals surface area contributed by atoms with Gasteiger partial charge in [0, 0.05) is 6.08 Å². The van der Waals surface area contributed by atoms with Gasteiger partial charge < -0.3 is 0 Å². The maximum Gasteiger partial charge on any atom is 0.378 e. The number of rotatable bonds is 8. The first kappa shape index (κ1) is 14.3. The van der Waals surface area contributed by atoms with Crippen LogP contribution in [0.4, 0.5) is 0 Å². The Hall–Kier alpha value is -1.77. The lowest BCUT2D eigenvalue weighted by molar-refractivity contribution is -0.207. The first-order valence-corrected chi connectivity index (χ1v) is 6.36. The van der Waals surface area contributed by atoms with Crippen LogP contribution in [0.1, 0.15) is 38.2 Å².